The van der Waals surface area contributed by atoms with E-state index in [1.165, 1.54) is 0 Å². The van der Waals surface area contributed by atoms with E-state index in [4.69, 9.17) is 33.2 Å². The number of nitrogens with zero attached hydrogens (tertiary/aromatic N) is 4. The summed E-state index contributed by atoms with van der Waals surface area (Å²) in [6.07, 6.45) is 7.61. The van der Waals surface area contributed by atoms with Gasteiger partial charge in [-0.15, -0.1) is 9.36 Å². The molecule has 8 nitrogen and oxygen atoms in total. The number of ether oxygens (including phenoxy) is 1. The molecule has 40 heavy (non-hydrogen) atoms. The molecule has 0 amide bonds. The highest BCUT2D eigenvalue weighted by Gasteiger charge is 2.39. The summed E-state index contributed by atoms with van der Waals surface area (Å²) in [4.78, 5) is 13.1. The van der Waals surface area contributed by atoms with Gasteiger partial charge in [-0.3, -0.25) is 5.10 Å². The number of esters is 1. The topological polar surface area (TPSA) is 108 Å². The van der Waals surface area contributed by atoms with Crippen molar-refractivity contribution in [2.75, 3.05) is 0 Å². The number of aliphatic hydroxyl groups is 1. The van der Waals surface area contributed by atoms with E-state index in [0.717, 1.165) is 22.3 Å². The molecule has 202 valence electrons. The number of hydrogen-bond donors (Lipinski definition) is 2. The van der Waals surface area contributed by atoms with Gasteiger partial charge in [-0.2, -0.15) is 10.4 Å². The molecule has 1 saturated heterocycles. The van der Waals surface area contributed by atoms with Crippen LogP contribution >= 0.6 is 23.2 Å². The highest BCUT2D eigenvalue weighted by molar-refractivity contribution is 6.31. The second kappa shape index (κ2) is 11.1. The highest BCUT2D eigenvalue weighted by atomic mass is 35.5. The van der Waals surface area contributed by atoms with Crippen molar-refractivity contribution in [2.45, 2.75) is 25.6 Å². The molecule has 10 heteroatoms. The summed E-state index contributed by atoms with van der Waals surface area (Å²) in [5.41, 5.74) is 5.41. The number of hydrogen-bond acceptors (Lipinski definition) is 5. The largest absolute Gasteiger partial charge is 0.453 e. The fourth-order valence-electron chi connectivity index (χ4n) is 4.97. The number of halogens is 2. The van der Waals surface area contributed by atoms with Gasteiger partial charge >= 0.3 is 5.97 Å². The van der Waals surface area contributed by atoms with Crippen molar-refractivity contribution in [1.82, 2.24) is 14.9 Å². The Morgan fingerprint density at radius 1 is 1.27 bits per heavy atom. The van der Waals surface area contributed by atoms with Crippen LogP contribution in [0.25, 0.3) is 28.5 Å². The smallest absolute Gasteiger partial charge is 0.336 e. The molecule has 4 aromatic rings. The first-order valence-corrected chi connectivity index (χ1v) is 13.3. The lowest BCUT2D eigenvalue weighted by molar-refractivity contribution is -0.741. The fourth-order valence-corrected chi connectivity index (χ4v) is 5.31. The molecule has 1 aliphatic heterocycles. The van der Waals surface area contributed by atoms with Crippen LogP contribution in [-0.4, -0.2) is 26.0 Å². The van der Waals surface area contributed by atoms with Crippen molar-refractivity contribution in [3.63, 3.8) is 0 Å². The van der Waals surface area contributed by atoms with Crippen LogP contribution in [0.1, 0.15) is 36.7 Å². The molecule has 0 bridgehead atoms. The third kappa shape index (κ3) is 5.32. The predicted octanol–water partition coefficient (Wildman–Crippen LogP) is 5.95. The Labute approximate surface area is 241 Å². The molecule has 1 fully saturated rings. The number of H-pyrrole nitrogens is 1. The van der Waals surface area contributed by atoms with Gasteiger partial charge in [-0.25, -0.2) is 4.79 Å². The Kier molecular flexibility index (Phi) is 7.63. The van der Waals surface area contributed by atoms with Gasteiger partial charge in [-0.05, 0) is 41.0 Å². The van der Waals surface area contributed by atoms with E-state index in [-0.39, 0.29) is 17.9 Å². The zero-order valence-corrected chi connectivity index (χ0v) is 23.3. The Morgan fingerprint density at radius 3 is 2.70 bits per heavy atom. The van der Waals surface area contributed by atoms with E-state index in [0.29, 0.717) is 26.7 Å². The van der Waals surface area contributed by atoms with E-state index in [1.54, 1.807) is 47.5 Å². The molecule has 0 spiro atoms. The second-order valence-corrected chi connectivity index (χ2v) is 10.6. The number of aromatic nitrogens is 4. The van der Waals surface area contributed by atoms with Gasteiger partial charge in [0.15, 0.2) is 7.05 Å². The minimum atomic E-state index is -0.930. The zero-order valence-electron chi connectivity index (χ0n) is 21.8. The highest BCUT2D eigenvalue weighted by Crippen LogP contribution is 2.43. The van der Waals surface area contributed by atoms with Crippen LogP contribution in [0.5, 0.6) is 0 Å². The number of aromatic amines is 1. The first kappa shape index (κ1) is 27.4. The number of aliphatic hydroxyl groups excluding tert-OH is 1. The number of rotatable bonds is 7. The zero-order chi connectivity index (χ0) is 28.6. The third-order valence-corrected chi connectivity index (χ3v) is 7.53. The van der Waals surface area contributed by atoms with Gasteiger partial charge in [0.25, 0.3) is 0 Å². The quantitative estimate of drug-likeness (QED) is 0.123. The van der Waals surface area contributed by atoms with Crippen molar-refractivity contribution in [2.24, 2.45) is 13.0 Å². The van der Waals surface area contributed by atoms with Gasteiger partial charge in [-0.1, -0.05) is 48.8 Å². The number of cyclic esters (lactones) is 1. The van der Waals surface area contributed by atoms with Crippen LogP contribution in [0.15, 0.2) is 78.9 Å². The first-order chi connectivity index (χ1) is 19.2. The Balaban J connectivity index is 1.49. The summed E-state index contributed by atoms with van der Waals surface area (Å²) in [5.74, 6) is -0.666. The molecule has 0 aliphatic carbocycles. The molecule has 0 saturated carbocycles. The van der Waals surface area contributed by atoms with Crippen LogP contribution in [-0.2, 0) is 16.6 Å². The van der Waals surface area contributed by atoms with Gasteiger partial charge < -0.3 is 9.84 Å². The molecule has 3 heterocycles. The maximum atomic E-state index is 13.1. The lowest BCUT2D eigenvalue weighted by Gasteiger charge is -2.18. The van der Waals surface area contributed by atoms with Crippen LogP contribution in [0.4, 0.5) is 0 Å². The first-order valence-electron chi connectivity index (χ1n) is 12.5. The maximum Gasteiger partial charge on any atom is 0.336 e. The molecular formula is C30H26Cl2N5O3+. The Morgan fingerprint density at radius 2 is 2.00 bits per heavy atom. The SMILES string of the molecule is C=C(C#N)CC(O)c1ccc(Cl)cc1-c1cn(/C=C2/C(=O)OC(c3ccc(Cl)cc3-c3cn[nH]c3)C2C)[n+](C)c1. The van der Waals surface area contributed by atoms with Gasteiger partial charge in [0.2, 0.25) is 6.20 Å². The molecular weight excluding hydrogens is 549 g/mol. The number of nitrogens with one attached hydrogen (secondary N) is 1. The van der Waals surface area contributed by atoms with Gasteiger partial charge in [0.05, 0.1) is 41.9 Å². The average molecular weight is 575 g/mol. The monoisotopic (exact) mass is 574 g/mol. The molecule has 2 aromatic carbocycles. The molecule has 1 aliphatic rings. The van der Waals surface area contributed by atoms with E-state index < -0.39 is 18.2 Å². The summed E-state index contributed by atoms with van der Waals surface area (Å²) in [5, 5.41) is 27.9. The molecule has 5 rings (SSSR count). The number of carbonyl (C=O) groups excluding carboxylic acids is 1. The lowest BCUT2D eigenvalue weighted by Crippen LogP contribution is -2.35. The van der Waals surface area contributed by atoms with Crippen molar-refractivity contribution in [3.8, 4) is 28.3 Å². The summed E-state index contributed by atoms with van der Waals surface area (Å²) < 4.78 is 9.49. The molecule has 3 unspecified atom stereocenters. The minimum absolute atomic E-state index is 0.109. The van der Waals surface area contributed by atoms with Crippen molar-refractivity contribution in [3.05, 3.63) is 100 Å². The molecule has 2 aromatic heterocycles. The van der Waals surface area contributed by atoms with E-state index >= 15 is 0 Å². The second-order valence-electron chi connectivity index (χ2n) is 9.75. The average Bonchev–Trinajstić information content (AvgIpc) is 3.65. The number of nitriles is 1. The van der Waals surface area contributed by atoms with Crippen LogP contribution in [0.3, 0.4) is 0 Å². The Bertz CT molecular complexity index is 1680. The minimum Gasteiger partial charge on any atom is -0.453 e. The van der Waals surface area contributed by atoms with Gasteiger partial charge in [0.1, 0.15) is 6.10 Å². The van der Waals surface area contributed by atoms with Crippen LogP contribution in [0, 0.1) is 17.2 Å². The molecule has 2 N–H and O–H groups in total. The normalized spacial score (nSPS) is 18.5. The standard InChI is InChI=1S/C30H26Cl2N5O3/c1-17(11-33)8-28(38)23-6-4-21(31)10-26(23)20-14-36(3)37(15-20)16-27-18(2)29(40-30(27)39)24-7-5-22(32)9-25(24)19-12-34-35-13-19/h4-7,9-10,12-16,18,28-29,38H,1,8H2,2-3H3,(H,34,35)/q+1/b27-16+. The van der Waals surface area contributed by atoms with E-state index in [1.807, 2.05) is 49.2 Å². The summed E-state index contributed by atoms with van der Waals surface area (Å²) in [6.45, 7) is 5.63. The van der Waals surface area contributed by atoms with Crippen LogP contribution in [0.2, 0.25) is 10.0 Å². The third-order valence-electron chi connectivity index (χ3n) is 7.06. The fraction of sp³-hybridized carbons (Fsp3) is 0.200. The summed E-state index contributed by atoms with van der Waals surface area (Å²) in [6, 6.07) is 12.7. The van der Waals surface area contributed by atoms with E-state index in [9.17, 15) is 9.90 Å². The number of aryl methyl sites for hydroxylation is 1. The predicted molar refractivity (Wildman–Crippen MR) is 152 cm³/mol. The summed E-state index contributed by atoms with van der Waals surface area (Å²) >= 11 is 12.6. The lowest BCUT2D eigenvalue weighted by atomic mass is 9.89. The van der Waals surface area contributed by atoms with Crippen molar-refractivity contribution in [1.29, 1.82) is 5.26 Å². The molecule has 0 radical (unpaired) electrons. The molecule has 3 atom stereocenters. The van der Waals surface area contributed by atoms with Crippen molar-refractivity contribution >= 4 is 35.4 Å². The Hall–Kier alpha value is -4.16. The number of carbonyl (C=O) groups is 1. The van der Waals surface area contributed by atoms with E-state index in [2.05, 4.69) is 16.8 Å². The van der Waals surface area contributed by atoms with Crippen molar-refractivity contribution < 1.29 is 19.3 Å². The number of benzene rings is 2. The van der Waals surface area contributed by atoms with Gasteiger partial charge in [0, 0.05) is 45.3 Å². The summed E-state index contributed by atoms with van der Waals surface area (Å²) in [7, 11) is 1.84. The maximum absolute atomic E-state index is 13.1. The van der Waals surface area contributed by atoms with Crippen LogP contribution < -0.4 is 4.68 Å².